The van der Waals surface area contributed by atoms with Crippen molar-refractivity contribution in [3.8, 4) is 0 Å². The number of esters is 1. The third-order valence-electron chi connectivity index (χ3n) is 4.41. The van der Waals surface area contributed by atoms with Gasteiger partial charge in [0.1, 0.15) is 0 Å². The molecule has 0 saturated heterocycles. The molecule has 0 spiro atoms. The molecule has 0 saturated carbocycles. The summed E-state index contributed by atoms with van der Waals surface area (Å²) < 4.78 is 5.23. The minimum Gasteiger partial charge on any atom is -0.451 e. The fraction of sp³-hybridized carbons (Fsp3) is 0.238. The Labute approximate surface area is 162 Å². The number of ether oxygens (including phenoxy) is 1. The van der Waals surface area contributed by atoms with E-state index in [0.29, 0.717) is 21.2 Å². The van der Waals surface area contributed by atoms with Gasteiger partial charge in [-0.05, 0) is 67.2 Å². The highest BCUT2D eigenvalue weighted by Gasteiger charge is 2.20. The summed E-state index contributed by atoms with van der Waals surface area (Å²) in [5, 5.41) is 0.951. The molecule has 2 aromatic rings. The molecule has 1 aliphatic rings. The van der Waals surface area contributed by atoms with Crippen LogP contribution in [0.4, 0.5) is 0 Å². The van der Waals surface area contributed by atoms with Crippen LogP contribution in [0.1, 0.15) is 40.4 Å². The van der Waals surface area contributed by atoms with Gasteiger partial charge in [-0.3, -0.25) is 4.79 Å². The zero-order valence-electron chi connectivity index (χ0n) is 14.3. The van der Waals surface area contributed by atoms with Crippen LogP contribution in [0.15, 0.2) is 42.5 Å². The van der Waals surface area contributed by atoms with Crippen LogP contribution in [0, 0.1) is 0 Å². The van der Waals surface area contributed by atoms with Gasteiger partial charge in [-0.25, -0.2) is 4.79 Å². The van der Waals surface area contributed by atoms with Gasteiger partial charge in [-0.15, -0.1) is 0 Å². The van der Waals surface area contributed by atoms with E-state index in [2.05, 4.69) is 0 Å². The van der Waals surface area contributed by atoms with Gasteiger partial charge < -0.3 is 4.74 Å². The molecule has 0 bridgehead atoms. The van der Waals surface area contributed by atoms with Crippen molar-refractivity contribution >= 4 is 41.0 Å². The predicted octanol–water partition coefficient (Wildman–Crippen LogP) is 5.31. The molecule has 0 aromatic heterocycles. The van der Waals surface area contributed by atoms with E-state index in [1.807, 2.05) is 12.1 Å². The highest BCUT2D eigenvalue weighted by Crippen LogP contribution is 2.24. The van der Waals surface area contributed by atoms with E-state index < -0.39 is 12.1 Å². The number of rotatable bonds is 5. The van der Waals surface area contributed by atoms with Crippen molar-refractivity contribution in [3.05, 3.63) is 74.8 Å². The van der Waals surface area contributed by atoms with Crippen molar-refractivity contribution in [2.75, 3.05) is 0 Å². The first-order valence-corrected chi connectivity index (χ1v) is 9.19. The van der Waals surface area contributed by atoms with Gasteiger partial charge in [0.2, 0.25) is 5.78 Å². The molecule has 0 N–H and O–H groups in total. The maximum atomic E-state index is 12.5. The number of benzene rings is 2. The number of halogens is 2. The second-order valence-electron chi connectivity index (χ2n) is 6.28. The molecular formula is C21H18Cl2O3. The minimum absolute atomic E-state index is 0.203. The molecule has 2 aromatic carbocycles. The number of carbonyl (C=O) groups excluding carboxylic acids is 2. The maximum absolute atomic E-state index is 12.5. The number of aryl methyl sites for hydroxylation is 2. The fourth-order valence-corrected chi connectivity index (χ4v) is 3.49. The lowest BCUT2D eigenvalue weighted by molar-refractivity contribution is -0.140. The Morgan fingerprint density at radius 2 is 1.85 bits per heavy atom. The standard InChI is InChI=1S/C21H18Cl2O3/c1-13(21(25)17-6-5-14-3-2-4-16(14)11-17)26-20(24)10-8-15-7-9-18(22)12-19(15)23/h5-13H,2-4H2,1H3/b10-8+/t13-/m1/s1. The summed E-state index contributed by atoms with van der Waals surface area (Å²) in [6.45, 7) is 1.58. The van der Waals surface area contributed by atoms with E-state index in [1.165, 1.54) is 23.3 Å². The van der Waals surface area contributed by atoms with E-state index >= 15 is 0 Å². The van der Waals surface area contributed by atoms with Gasteiger partial charge in [0.25, 0.3) is 0 Å². The van der Waals surface area contributed by atoms with E-state index in [0.717, 1.165) is 19.3 Å². The number of hydrogen-bond acceptors (Lipinski definition) is 3. The lowest BCUT2D eigenvalue weighted by atomic mass is 10.0. The van der Waals surface area contributed by atoms with Crippen LogP contribution < -0.4 is 0 Å². The molecule has 26 heavy (non-hydrogen) atoms. The van der Waals surface area contributed by atoms with Crippen LogP contribution in [0.3, 0.4) is 0 Å². The summed E-state index contributed by atoms with van der Waals surface area (Å²) in [7, 11) is 0. The van der Waals surface area contributed by atoms with Crippen LogP contribution in [-0.4, -0.2) is 17.9 Å². The quantitative estimate of drug-likeness (QED) is 0.396. The molecule has 0 aliphatic heterocycles. The molecule has 5 heteroatoms. The SMILES string of the molecule is C[C@@H](OC(=O)/C=C/c1ccc(Cl)cc1Cl)C(=O)c1ccc2c(c1)CCC2. The second kappa shape index (κ2) is 8.07. The lowest BCUT2D eigenvalue weighted by Gasteiger charge is -2.12. The number of carbonyl (C=O) groups is 2. The molecule has 1 atom stereocenters. The van der Waals surface area contributed by atoms with Crippen molar-refractivity contribution in [1.29, 1.82) is 0 Å². The third kappa shape index (κ3) is 4.35. The number of ketones is 1. The summed E-state index contributed by atoms with van der Waals surface area (Å²) >= 11 is 11.9. The Balaban J connectivity index is 1.63. The first-order chi connectivity index (χ1) is 12.4. The Morgan fingerprint density at radius 3 is 2.62 bits per heavy atom. The summed E-state index contributed by atoms with van der Waals surface area (Å²) in [4.78, 5) is 24.5. The van der Waals surface area contributed by atoms with Gasteiger partial charge >= 0.3 is 5.97 Å². The number of hydrogen-bond donors (Lipinski definition) is 0. The molecule has 0 fully saturated rings. The number of fused-ring (bicyclic) bond motifs is 1. The predicted molar refractivity (Wildman–Crippen MR) is 104 cm³/mol. The van der Waals surface area contributed by atoms with E-state index in [9.17, 15) is 9.59 Å². The Bertz CT molecular complexity index is 887. The van der Waals surface area contributed by atoms with Crippen LogP contribution in [0.25, 0.3) is 6.08 Å². The van der Waals surface area contributed by atoms with Crippen molar-refractivity contribution in [2.24, 2.45) is 0 Å². The van der Waals surface area contributed by atoms with E-state index in [1.54, 1.807) is 31.2 Å². The third-order valence-corrected chi connectivity index (χ3v) is 4.97. The molecule has 0 radical (unpaired) electrons. The van der Waals surface area contributed by atoms with Gasteiger partial charge in [0.05, 0.1) is 0 Å². The Kier molecular flexibility index (Phi) is 5.80. The van der Waals surface area contributed by atoms with Gasteiger partial charge in [0, 0.05) is 21.7 Å². The summed E-state index contributed by atoms with van der Waals surface area (Å²) in [5.41, 5.74) is 3.74. The zero-order valence-corrected chi connectivity index (χ0v) is 15.8. The molecule has 1 aliphatic carbocycles. The maximum Gasteiger partial charge on any atom is 0.331 e. The summed E-state index contributed by atoms with van der Waals surface area (Å²) in [6.07, 6.45) is 5.11. The molecule has 0 heterocycles. The normalized spacial score (nSPS) is 14.3. The molecular weight excluding hydrogens is 371 g/mol. The molecule has 0 unspecified atom stereocenters. The van der Waals surface area contributed by atoms with Gasteiger partial charge in [-0.1, -0.05) is 41.4 Å². The Hall–Kier alpha value is -2.10. The zero-order chi connectivity index (χ0) is 18.7. The van der Waals surface area contributed by atoms with Crippen LogP contribution >= 0.6 is 23.2 Å². The molecule has 3 nitrogen and oxygen atoms in total. The molecule has 3 rings (SSSR count). The van der Waals surface area contributed by atoms with Crippen LogP contribution in [0.5, 0.6) is 0 Å². The topological polar surface area (TPSA) is 43.4 Å². The second-order valence-corrected chi connectivity index (χ2v) is 7.12. The average molecular weight is 389 g/mol. The highest BCUT2D eigenvalue weighted by atomic mass is 35.5. The van der Waals surface area contributed by atoms with E-state index in [4.69, 9.17) is 27.9 Å². The van der Waals surface area contributed by atoms with Gasteiger partial charge in [0.15, 0.2) is 6.10 Å². The van der Waals surface area contributed by atoms with Crippen molar-refractivity contribution in [1.82, 2.24) is 0 Å². The minimum atomic E-state index is -0.854. The first-order valence-electron chi connectivity index (χ1n) is 8.44. The Morgan fingerprint density at radius 1 is 1.08 bits per heavy atom. The fourth-order valence-electron chi connectivity index (χ4n) is 3.02. The van der Waals surface area contributed by atoms with Gasteiger partial charge in [-0.2, -0.15) is 0 Å². The monoisotopic (exact) mass is 388 g/mol. The largest absolute Gasteiger partial charge is 0.451 e. The summed E-state index contributed by atoms with van der Waals surface area (Å²) in [5.74, 6) is -0.802. The van der Waals surface area contributed by atoms with E-state index in [-0.39, 0.29) is 5.78 Å². The highest BCUT2D eigenvalue weighted by molar-refractivity contribution is 6.35. The van der Waals surface area contributed by atoms with Crippen molar-refractivity contribution in [3.63, 3.8) is 0 Å². The first kappa shape index (κ1) is 18.7. The van der Waals surface area contributed by atoms with Crippen molar-refractivity contribution in [2.45, 2.75) is 32.3 Å². The summed E-state index contributed by atoms with van der Waals surface area (Å²) in [6, 6.07) is 10.7. The van der Waals surface area contributed by atoms with Crippen LogP contribution in [-0.2, 0) is 22.4 Å². The lowest BCUT2D eigenvalue weighted by Crippen LogP contribution is -2.23. The molecule has 134 valence electrons. The average Bonchev–Trinajstić information content (AvgIpc) is 3.08. The smallest absolute Gasteiger partial charge is 0.331 e. The molecule has 0 amide bonds. The van der Waals surface area contributed by atoms with Crippen LogP contribution in [0.2, 0.25) is 10.0 Å². The number of Topliss-reactive ketones (excluding diaryl/α,β-unsaturated/α-hetero) is 1. The van der Waals surface area contributed by atoms with Crippen molar-refractivity contribution < 1.29 is 14.3 Å².